The van der Waals surface area contributed by atoms with E-state index < -0.39 is 0 Å². The van der Waals surface area contributed by atoms with Crippen molar-refractivity contribution in [2.45, 2.75) is 39.0 Å². The zero-order valence-electron chi connectivity index (χ0n) is 12.8. The van der Waals surface area contributed by atoms with E-state index in [1.807, 2.05) is 24.3 Å². The lowest BCUT2D eigenvalue weighted by Crippen LogP contribution is -2.52. The second-order valence-corrected chi connectivity index (χ2v) is 7.02. The molecule has 0 saturated carbocycles. The molecule has 116 valence electrons. The summed E-state index contributed by atoms with van der Waals surface area (Å²) in [5.41, 5.74) is 0.714. The van der Waals surface area contributed by atoms with Gasteiger partial charge in [0.15, 0.2) is 0 Å². The quantitative estimate of drug-likeness (QED) is 0.788. The second kappa shape index (κ2) is 7.56. The third-order valence-corrected chi connectivity index (χ3v) is 4.45. The molecule has 1 heterocycles. The lowest BCUT2D eigenvalue weighted by molar-refractivity contribution is -0.0778. The molecule has 0 aromatic heterocycles. The summed E-state index contributed by atoms with van der Waals surface area (Å²) in [5.74, 6) is -0.00685. The van der Waals surface area contributed by atoms with Gasteiger partial charge in [-0.25, -0.2) is 0 Å². The molecule has 0 bridgehead atoms. The predicted octanol–water partition coefficient (Wildman–Crippen LogP) is 2.52. The molecule has 1 amide bonds. The van der Waals surface area contributed by atoms with Crippen molar-refractivity contribution in [1.82, 2.24) is 10.2 Å². The van der Waals surface area contributed by atoms with Crippen molar-refractivity contribution in [3.63, 3.8) is 0 Å². The van der Waals surface area contributed by atoms with Crippen LogP contribution in [0.25, 0.3) is 0 Å². The molecule has 2 rings (SSSR count). The van der Waals surface area contributed by atoms with Crippen LogP contribution < -0.4 is 5.32 Å². The average molecular weight is 402 g/mol. The molecule has 1 fully saturated rings. The third-order valence-electron chi connectivity index (χ3n) is 3.74. The molecular weight excluding hydrogens is 379 g/mol. The lowest BCUT2D eigenvalue weighted by Gasteiger charge is -2.39. The van der Waals surface area contributed by atoms with E-state index in [9.17, 15) is 4.79 Å². The summed E-state index contributed by atoms with van der Waals surface area (Å²) in [6, 6.07) is 7.93. The van der Waals surface area contributed by atoms with Gasteiger partial charge in [0.1, 0.15) is 0 Å². The van der Waals surface area contributed by atoms with E-state index in [2.05, 4.69) is 53.6 Å². The van der Waals surface area contributed by atoms with E-state index in [0.29, 0.717) is 18.2 Å². The monoisotopic (exact) mass is 402 g/mol. The average Bonchev–Trinajstić information content (AvgIpc) is 2.44. The van der Waals surface area contributed by atoms with E-state index in [0.717, 1.165) is 16.7 Å². The number of hydrogen-bond donors (Lipinski definition) is 1. The Labute approximate surface area is 140 Å². The lowest BCUT2D eigenvalue weighted by atomic mass is 10.1. The Morgan fingerprint density at radius 1 is 1.33 bits per heavy atom. The molecule has 1 aliphatic heterocycles. The summed E-state index contributed by atoms with van der Waals surface area (Å²) >= 11 is 2.23. The Hall–Kier alpha value is -0.660. The highest BCUT2D eigenvalue weighted by molar-refractivity contribution is 14.1. The molecule has 1 aliphatic rings. The van der Waals surface area contributed by atoms with Crippen molar-refractivity contribution in [2.24, 2.45) is 0 Å². The van der Waals surface area contributed by atoms with Crippen LogP contribution in [0.4, 0.5) is 0 Å². The van der Waals surface area contributed by atoms with Gasteiger partial charge in [-0.3, -0.25) is 9.69 Å². The van der Waals surface area contributed by atoms with Crippen molar-refractivity contribution >= 4 is 28.5 Å². The van der Waals surface area contributed by atoms with Gasteiger partial charge in [0.05, 0.1) is 12.2 Å². The zero-order valence-corrected chi connectivity index (χ0v) is 15.0. The first-order valence-corrected chi connectivity index (χ1v) is 8.47. The number of halogens is 1. The highest BCUT2D eigenvalue weighted by Gasteiger charge is 2.25. The predicted molar refractivity (Wildman–Crippen MR) is 92.5 cm³/mol. The number of ether oxygens (including phenoxy) is 1. The number of nitrogens with one attached hydrogen (secondary N) is 1. The third kappa shape index (κ3) is 4.93. The van der Waals surface area contributed by atoms with Gasteiger partial charge in [0.25, 0.3) is 5.91 Å². The van der Waals surface area contributed by atoms with E-state index in [1.165, 1.54) is 0 Å². The van der Waals surface area contributed by atoms with Gasteiger partial charge in [-0.1, -0.05) is 0 Å². The number of carbonyl (C=O) groups excluding carboxylic acids is 1. The number of amides is 1. The van der Waals surface area contributed by atoms with Crippen LogP contribution in [0.2, 0.25) is 0 Å². The van der Waals surface area contributed by atoms with Gasteiger partial charge in [-0.05, 0) is 67.6 Å². The summed E-state index contributed by atoms with van der Waals surface area (Å²) in [7, 11) is 0. The first-order valence-electron chi connectivity index (χ1n) is 7.39. The van der Waals surface area contributed by atoms with Gasteiger partial charge < -0.3 is 10.1 Å². The SMILES string of the molecule is CC1CN(C(C)CNC(=O)c2ccc(I)cc2)CC(C)O1. The maximum atomic E-state index is 12.1. The fourth-order valence-electron chi connectivity index (χ4n) is 2.65. The van der Waals surface area contributed by atoms with E-state index in [1.54, 1.807) is 0 Å². The normalized spacial score (nSPS) is 24.6. The fourth-order valence-corrected chi connectivity index (χ4v) is 3.01. The molecule has 1 aromatic rings. The fraction of sp³-hybridized carbons (Fsp3) is 0.562. The summed E-state index contributed by atoms with van der Waals surface area (Å²) in [6.07, 6.45) is 0.506. The summed E-state index contributed by atoms with van der Waals surface area (Å²) in [4.78, 5) is 14.5. The highest BCUT2D eigenvalue weighted by Crippen LogP contribution is 2.13. The minimum absolute atomic E-state index is 0.00685. The van der Waals surface area contributed by atoms with Gasteiger partial charge >= 0.3 is 0 Å². The van der Waals surface area contributed by atoms with Crippen LogP contribution in [-0.2, 0) is 4.74 Å². The van der Waals surface area contributed by atoms with Crippen LogP contribution in [-0.4, -0.2) is 48.7 Å². The van der Waals surface area contributed by atoms with Crippen molar-refractivity contribution < 1.29 is 9.53 Å². The van der Waals surface area contributed by atoms with Gasteiger partial charge in [0.2, 0.25) is 0 Å². The Balaban J connectivity index is 1.84. The minimum Gasteiger partial charge on any atom is -0.373 e. The molecule has 4 nitrogen and oxygen atoms in total. The van der Waals surface area contributed by atoms with Crippen LogP contribution in [0, 0.1) is 3.57 Å². The number of nitrogens with zero attached hydrogens (tertiary/aromatic N) is 1. The van der Waals surface area contributed by atoms with Gasteiger partial charge in [-0.2, -0.15) is 0 Å². The molecule has 1 aromatic carbocycles. The van der Waals surface area contributed by atoms with Gasteiger partial charge in [-0.15, -0.1) is 0 Å². The van der Waals surface area contributed by atoms with Crippen molar-refractivity contribution in [3.8, 4) is 0 Å². The Morgan fingerprint density at radius 2 is 1.90 bits per heavy atom. The molecule has 1 saturated heterocycles. The topological polar surface area (TPSA) is 41.6 Å². The molecule has 3 unspecified atom stereocenters. The van der Waals surface area contributed by atoms with Crippen LogP contribution >= 0.6 is 22.6 Å². The number of benzene rings is 1. The molecule has 0 radical (unpaired) electrons. The smallest absolute Gasteiger partial charge is 0.251 e. The maximum absolute atomic E-state index is 12.1. The largest absolute Gasteiger partial charge is 0.373 e. The number of carbonyl (C=O) groups is 1. The van der Waals surface area contributed by atoms with Crippen LogP contribution in [0.3, 0.4) is 0 Å². The number of hydrogen-bond acceptors (Lipinski definition) is 3. The minimum atomic E-state index is -0.00685. The van der Waals surface area contributed by atoms with Crippen molar-refractivity contribution in [1.29, 1.82) is 0 Å². The van der Waals surface area contributed by atoms with Crippen LogP contribution in [0.1, 0.15) is 31.1 Å². The second-order valence-electron chi connectivity index (χ2n) is 5.78. The Bertz CT molecular complexity index is 468. The van der Waals surface area contributed by atoms with E-state index in [4.69, 9.17) is 4.74 Å². The maximum Gasteiger partial charge on any atom is 0.251 e. The summed E-state index contributed by atoms with van der Waals surface area (Å²) < 4.78 is 6.88. The van der Waals surface area contributed by atoms with E-state index >= 15 is 0 Å². The van der Waals surface area contributed by atoms with Crippen LogP contribution in [0.15, 0.2) is 24.3 Å². The summed E-state index contributed by atoms with van der Waals surface area (Å²) in [6.45, 7) is 8.85. The van der Waals surface area contributed by atoms with E-state index in [-0.39, 0.29) is 18.1 Å². The first kappa shape index (κ1) is 16.7. The zero-order chi connectivity index (χ0) is 15.4. The molecule has 1 N–H and O–H groups in total. The molecule has 21 heavy (non-hydrogen) atoms. The number of rotatable bonds is 4. The van der Waals surface area contributed by atoms with Gasteiger partial charge in [0, 0.05) is 34.8 Å². The van der Waals surface area contributed by atoms with Crippen molar-refractivity contribution in [3.05, 3.63) is 33.4 Å². The molecular formula is C16H23IN2O2. The standard InChI is InChI=1S/C16H23IN2O2/c1-11(19-9-12(2)21-13(3)10-19)8-18-16(20)14-4-6-15(17)7-5-14/h4-7,11-13H,8-10H2,1-3H3,(H,18,20). The first-order chi connectivity index (χ1) is 9.95. The molecule has 5 heteroatoms. The molecule has 0 aliphatic carbocycles. The van der Waals surface area contributed by atoms with Crippen LogP contribution in [0.5, 0.6) is 0 Å². The summed E-state index contributed by atoms with van der Waals surface area (Å²) in [5, 5.41) is 3.02. The molecule has 3 atom stereocenters. The van der Waals surface area contributed by atoms with Crippen molar-refractivity contribution in [2.75, 3.05) is 19.6 Å². The Morgan fingerprint density at radius 3 is 2.48 bits per heavy atom. The Kier molecular flexibility index (Phi) is 6.01. The number of morpholine rings is 1. The molecule has 0 spiro atoms. The highest BCUT2D eigenvalue weighted by atomic mass is 127.